The number of ether oxygens (including phenoxy) is 4. The van der Waals surface area contributed by atoms with Gasteiger partial charge in [0.25, 0.3) is 0 Å². The zero-order valence-electron chi connectivity index (χ0n) is 16.8. The first-order valence-electron chi connectivity index (χ1n) is 9.46. The molecule has 1 N–H and O–H groups in total. The van der Waals surface area contributed by atoms with E-state index in [4.69, 9.17) is 24.2 Å². The number of rotatable bonds is 12. The molecule has 0 atom stereocenters. The topological polar surface area (TPSA) is 89.8 Å². The Morgan fingerprint density at radius 3 is 2.34 bits per heavy atom. The van der Waals surface area contributed by atoms with E-state index in [2.05, 4.69) is 5.32 Å². The van der Waals surface area contributed by atoms with Crippen molar-refractivity contribution < 1.29 is 23.7 Å². The number of nitrogens with one attached hydrogen (secondary N) is 1. The first-order chi connectivity index (χ1) is 14.2. The van der Waals surface area contributed by atoms with Crippen LogP contribution in [0.4, 0.5) is 0 Å². The normalized spacial score (nSPS) is 9.97. The molecule has 2 aromatic rings. The maximum absolute atomic E-state index is 11.3. The van der Waals surface area contributed by atoms with Crippen molar-refractivity contribution in [2.45, 2.75) is 19.8 Å². The number of benzene rings is 2. The van der Waals surface area contributed by atoms with E-state index in [1.54, 1.807) is 7.11 Å². The Morgan fingerprint density at radius 2 is 1.69 bits per heavy atom. The Kier molecular flexibility index (Phi) is 9.16. The van der Waals surface area contributed by atoms with E-state index in [-0.39, 0.29) is 12.3 Å². The third kappa shape index (κ3) is 7.26. The zero-order chi connectivity index (χ0) is 20.9. The van der Waals surface area contributed by atoms with Gasteiger partial charge in [-0.2, -0.15) is 5.26 Å². The summed E-state index contributed by atoms with van der Waals surface area (Å²) in [5, 5.41) is 11.2. The number of para-hydroxylation sites is 2. The first-order valence-corrected chi connectivity index (χ1v) is 9.46. The van der Waals surface area contributed by atoms with Crippen LogP contribution < -0.4 is 24.3 Å². The number of carbonyl (C=O) groups is 1. The molecule has 0 heterocycles. The van der Waals surface area contributed by atoms with Gasteiger partial charge in [-0.25, -0.2) is 0 Å². The lowest BCUT2D eigenvalue weighted by molar-refractivity contribution is -0.120. The number of nitriles is 1. The van der Waals surface area contributed by atoms with Crippen molar-refractivity contribution in [3.8, 4) is 29.1 Å². The smallest absolute Gasteiger partial charge is 0.234 e. The molecular weight excluding hydrogens is 372 g/mol. The molecule has 2 rings (SSSR count). The second kappa shape index (κ2) is 12.1. The summed E-state index contributed by atoms with van der Waals surface area (Å²) in [6, 6.07) is 14.9. The minimum atomic E-state index is -0.271. The molecule has 154 valence electrons. The largest absolute Gasteiger partial charge is 0.493 e. The van der Waals surface area contributed by atoms with Crippen LogP contribution >= 0.6 is 0 Å². The quantitative estimate of drug-likeness (QED) is 0.553. The predicted octanol–water partition coefficient (Wildman–Crippen LogP) is 3.12. The maximum atomic E-state index is 11.3. The Bertz CT molecular complexity index is 832. The lowest BCUT2D eigenvalue weighted by Gasteiger charge is -2.14. The van der Waals surface area contributed by atoms with Crippen molar-refractivity contribution in [1.29, 1.82) is 5.26 Å². The minimum absolute atomic E-state index is 0.131. The Hall–Kier alpha value is -3.40. The highest BCUT2D eigenvalue weighted by Crippen LogP contribution is 2.29. The van der Waals surface area contributed by atoms with E-state index in [0.717, 1.165) is 5.56 Å². The van der Waals surface area contributed by atoms with Gasteiger partial charge < -0.3 is 24.3 Å². The summed E-state index contributed by atoms with van der Waals surface area (Å²) in [4.78, 5) is 11.3. The van der Waals surface area contributed by atoms with Gasteiger partial charge in [0, 0.05) is 6.54 Å². The van der Waals surface area contributed by atoms with Gasteiger partial charge in [0.1, 0.15) is 19.6 Å². The van der Waals surface area contributed by atoms with Crippen LogP contribution in [-0.4, -0.2) is 39.4 Å². The number of hydrogen-bond acceptors (Lipinski definition) is 6. The summed E-state index contributed by atoms with van der Waals surface area (Å²) in [5.41, 5.74) is 1.00. The second-order valence-electron chi connectivity index (χ2n) is 6.00. The van der Waals surface area contributed by atoms with E-state index in [1.165, 1.54) is 0 Å². The van der Waals surface area contributed by atoms with Crippen molar-refractivity contribution >= 4 is 5.91 Å². The van der Waals surface area contributed by atoms with Crippen molar-refractivity contribution in [2.75, 3.05) is 33.5 Å². The Morgan fingerprint density at radius 1 is 1.00 bits per heavy atom. The van der Waals surface area contributed by atoms with Crippen LogP contribution in [-0.2, 0) is 11.2 Å². The van der Waals surface area contributed by atoms with Gasteiger partial charge >= 0.3 is 0 Å². The first kappa shape index (κ1) is 21.9. The molecule has 0 unspecified atom stereocenters. The monoisotopic (exact) mass is 398 g/mol. The summed E-state index contributed by atoms with van der Waals surface area (Å²) >= 11 is 0. The third-order valence-corrected chi connectivity index (χ3v) is 3.95. The molecule has 0 aromatic heterocycles. The lowest BCUT2D eigenvalue weighted by Crippen LogP contribution is -2.24. The van der Waals surface area contributed by atoms with E-state index in [9.17, 15) is 4.79 Å². The maximum Gasteiger partial charge on any atom is 0.234 e. The molecule has 7 heteroatoms. The SMILES string of the molecule is CCOc1cc(CCNC(=O)CC#N)ccc1OCCOc1ccccc1OC. The van der Waals surface area contributed by atoms with E-state index in [1.807, 2.05) is 55.5 Å². The summed E-state index contributed by atoms with van der Waals surface area (Å²) in [5.74, 6) is 2.34. The van der Waals surface area contributed by atoms with Crippen molar-refractivity contribution in [1.82, 2.24) is 5.32 Å². The fourth-order valence-electron chi connectivity index (χ4n) is 2.62. The van der Waals surface area contributed by atoms with Gasteiger partial charge in [-0.15, -0.1) is 0 Å². The molecule has 29 heavy (non-hydrogen) atoms. The van der Waals surface area contributed by atoms with Crippen molar-refractivity contribution in [3.05, 3.63) is 48.0 Å². The van der Waals surface area contributed by atoms with Crippen LogP contribution in [0.15, 0.2) is 42.5 Å². The third-order valence-electron chi connectivity index (χ3n) is 3.95. The molecule has 0 bridgehead atoms. The number of methoxy groups -OCH3 is 1. The Balaban J connectivity index is 1.87. The highest BCUT2D eigenvalue weighted by molar-refractivity contribution is 5.77. The molecule has 0 aliphatic carbocycles. The van der Waals surface area contributed by atoms with Gasteiger partial charge in [0.05, 0.1) is 19.8 Å². The van der Waals surface area contributed by atoms with E-state index in [0.29, 0.717) is 55.8 Å². The van der Waals surface area contributed by atoms with Gasteiger partial charge in [0.2, 0.25) is 5.91 Å². The lowest BCUT2D eigenvalue weighted by atomic mass is 10.1. The summed E-state index contributed by atoms with van der Waals surface area (Å²) in [7, 11) is 1.60. The van der Waals surface area contributed by atoms with Crippen LogP contribution in [0.3, 0.4) is 0 Å². The summed E-state index contributed by atoms with van der Waals surface area (Å²) in [6.45, 7) is 3.58. The molecule has 2 aromatic carbocycles. The molecule has 0 spiro atoms. The highest BCUT2D eigenvalue weighted by Gasteiger charge is 2.08. The van der Waals surface area contributed by atoms with Crippen molar-refractivity contribution in [3.63, 3.8) is 0 Å². The molecule has 0 aliphatic heterocycles. The van der Waals surface area contributed by atoms with Crippen LogP contribution in [0.1, 0.15) is 18.9 Å². The van der Waals surface area contributed by atoms with Crippen molar-refractivity contribution in [2.24, 2.45) is 0 Å². The highest BCUT2D eigenvalue weighted by atomic mass is 16.5. The second-order valence-corrected chi connectivity index (χ2v) is 6.00. The number of hydrogen-bond donors (Lipinski definition) is 1. The molecule has 0 saturated carbocycles. The molecular formula is C22H26N2O5. The molecule has 1 amide bonds. The average molecular weight is 398 g/mol. The Labute approximate surface area is 171 Å². The van der Waals surface area contributed by atoms with Crippen LogP contribution in [0, 0.1) is 11.3 Å². The minimum Gasteiger partial charge on any atom is -0.493 e. The number of nitrogens with zero attached hydrogens (tertiary/aromatic N) is 1. The molecule has 0 fully saturated rings. The van der Waals surface area contributed by atoms with Gasteiger partial charge in [0.15, 0.2) is 23.0 Å². The van der Waals surface area contributed by atoms with Crippen LogP contribution in [0.5, 0.6) is 23.0 Å². The molecule has 0 saturated heterocycles. The van der Waals surface area contributed by atoms with Crippen LogP contribution in [0.2, 0.25) is 0 Å². The average Bonchev–Trinajstić information content (AvgIpc) is 2.73. The van der Waals surface area contributed by atoms with E-state index < -0.39 is 0 Å². The van der Waals surface area contributed by atoms with Crippen LogP contribution in [0.25, 0.3) is 0 Å². The number of carbonyl (C=O) groups excluding carboxylic acids is 1. The van der Waals surface area contributed by atoms with Gasteiger partial charge in [-0.3, -0.25) is 4.79 Å². The van der Waals surface area contributed by atoms with Gasteiger partial charge in [-0.1, -0.05) is 18.2 Å². The summed E-state index contributed by atoms with van der Waals surface area (Å²) < 4.78 is 22.5. The van der Waals surface area contributed by atoms with Gasteiger partial charge in [-0.05, 0) is 43.2 Å². The zero-order valence-corrected chi connectivity index (χ0v) is 16.8. The molecule has 0 radical (unpaired) electrons. The number of amides is 1. The standard InChI is InChI=1S/C22H26N2O5/c1-3-27-21-16-17(11-13-24-22(25)10-12-23)8-9-20(21)29-15-14-28-19-7-5-4-6-18(19)26-2/h4-9,16H,3,10-11,13-15H2,1-2H3,(H,24,25). The van der Waals surface area contributed by atoms with E-state index >= 15 is 0 Å². The predicted molar refractivity (Wildman–Crippen MR) is 109 cm³/mol. The fraction of sp³-hybridized carbons (Fsp3) is 0.364. The molecule has 0 aliphatic rings. The fourth-order valence-corrected chi connectivity index (χ4v) is 2.62. The molecule has 7 nitrogen and oxygen atoms in total. The summed E-state index contributed by atoms with van der Waals surface area (Å²) in [6.07, 6.45) is 0.502.